The van der Waals surface area contributed by atoms with Gasteiger partial charge in [0.1, 0.15) is 0 Å². The van der Waals surface area contributed by atoms with Gasteiger partial charge in [0.05, 0.1) is 23.5 Å². The fraction of sp³-hybridized carbons (Fsp3) is 0.875. The van der Waals surface area contributed by atoms with E-state index in [9.17, 15) is 15.0 Å². The first-order chi connectivity index (χ1) is 5.95. The van der Waals surface area contributed by atoms with Crippen LogP contribution in [0, 0.1) is 11.8 Å². The van der Waals surface area contributed by atoms with Gasteiger partial charge in [0.2, 0.25) is 0 Å². The van der Waals surface area contributed by atoms with Crippen LogP contribution in [0.1, 0.15) is 13.3 Å². The summed E-state index contributed by atoms with van der Waals surface area (Å²) in [6.07, 6.45) is -1.72. The number of carboxylic acid groups (broad SMARTS) is 1. The largest absolute Gasteiger partial charge is 0.481 e. The first-order valence-corrected chi connectivity index (χ1v) is 4.61. The molecule has 5 unspecified atom stereocenters. The molecule has 0 saturated heterocycles. The summed E-state index contributed by atoms with van der Waals surface area (Å²) in [6.45, 7) is 1.60. The van der Waals surface area contributed by atoms with E-state index in [1.807, 2.05) is 0 Å². The van der Waals surface area contributed by atoms with Crippen molar-refractivity contribution in [2.24, 2.45) is 11.8 Å². The van der Waals surface area contributed by atoms with Gasteiger partial charge in [-0.2, -0.15) is 0 Å². The number of carbonyl (C=O) groups is 1. The maximum absolute atomic E-state index is 10.7. The lowest BCUT2D eigenvalue weighted by Crippen LogP contribution is -2.49. The highest BCUT2D eigenvalue weighted by Crippen LogP contribution is 2.32. The number of aliphatic carboxylic acids is 1. The van der Waals surface area contributed by atoms with Crippen molar-refractivity contribution in [1.82, 2.24) is 0 Å². The Morgan fingerprint density at radius 2 is 1.92 bits per heavy atom. The number of aliphatic hydroxyl groups excluding tert-OH is 2. The molecular weight excluding hydrogens is 196 g/mol. The number of hydrogen-bond donors (Lipinski definition) is 3. The molecule has 0 aromatic carbocycles. The molecule has 0 amide bonds. The highest BCUT2D eigenvalue weighted by atomic mass is 35.5. The van der Waals surface area contributed by atoms with Gasteiger partial charge >= 0.3 is 5.97 Å². The van der Waals surface area contributed by atoms with E-state index in [0.29, 0.717) is 0 Å². The lowest BCUT2D eigenvalue weighted by molar-refractivity contribution is -0.152. The minimum Gasteiger partial charge on any atom is -0.481 e. The van der Waals surface area contributed by atoms with Crippen LogP contribution >= 0.6 is 11.6 Å². The maximum Gasteiger partial charge on any atom is 0.309 e. The van der Waals surface area contributed by atoms with Gasteiger partial charge in [-0.1, -0.05) is 6.92 Å². The monoisotopic (exact) mass is 208 g/mol. The van der Waals surface area contributed by atoms with Crippen LogP contribution in [0.5, 0.6) is 0 Å². The molecule has 1 aliphatic carbocycles. The van der Waals surface area contributed by atoms with E-state index >= 15 is 0 Å². The standard InChI is InChI=1S/C8H13ClO4/c1-3-6(10)4(8(12)13)2-5(9)7(3)11/h3-7,10-11H,2H2,1H3,(H,12,13). The Bertz CT molecular complexity index is 208. The van der Waals surface area contributed by atoms with Gasteiger partial charge in [-0.05, 0) is 6.42 Å². The molecule has 13 heavy (non-hydrogen) atoms. The van der Waals surface area contributed by atoms with Crippen molar-refractivity contribution < 1.29 is 20.1 Å². The number of halogens is 1. The Morgan fingerprint density at radius 1 is 1.38 bits per heavy atom. The van der Waals surface area contributed by atoms with Crippen LogP contribution in [0.15, 0.2) is 0 Å². The average molecular weight is 209 g/mol. The molecule has 0 radical (unpaired) electrons. The molecule has 1 fully saturated rings. The van der Waals surface area contributed by atoms with Gasteiger partial charge in [-0.25, -0.2) is 0 Å². The van der Waals surface area contributed by atoms with Crippen molar-refractivity contribution in [3.05, 3.63) is 0 Å². The van der Waals surface area contributed by atoms with Crippen LogP contribution in [0.4, 0.5) is 0 Å². The molecule has 3 N–H and O–H groups in total. The zero-order valence-electron chi connectivity index (χ0n) is 7.22. The molecule has 1 rings (SSSR count). The lowest BCUT2D eigenvalue weighted by Gasteiger charge is -2.37. The third-order valence-electron chi connectivity index (χ3n) is 2.66. The third kappa shape index (κ3) is 1.95. The summed E-state index contributed by atoms with van der Waals surface area (Å²) in [4.78, 5) is 10.7. The molecule has 4 nitrogen and oxygen atoms in total. The molecule has 1 aliphatic rings. The van der Waals surface area contributed by atoms with Crippen molar-refractivity contribution in [2.45, 2.75) is 30.9 Å². The first-order valence-electron chi connectivity index (χ1n) is 4.18. The maximum atomic E-state index is 10.7. The minimum atomic E-state index is -1.06. The summed E-state index contributed by atoms with van der Waals surface area (Å²) in [6, 6.07) is 0. The van der Waals surface area contributed by atoms with Crippen LogP contribution in [0.25, 0.3) is 0 Å². The highest BCUT2D eigenvalue weighted by Gasteiger charge is 2.43. The van der Waals surface area contributed by atoms with E-state index in [1.165, 1.54) is 0 Å². The Hall–Kier alpha value is -0.320. The van der Waals surface area contributed by atoms with Gasteiger partial charge in [0.25, 0.3) is 0 Å². The molecule has 76 valence electrons. The van der Waals surface area contributed by atoms with E-state index in [1.54, 1.807) is 6.92 Å². The zero-order chi connectivity index (χ0) is 10.2. The molecule has 0 spiro atoms. The van der Waals surface area contributed by atoms with Crippen molar-refractivity contribution in [3.8, 4) is 0 Å². The molecule has 5 heteroatoms. The van der Waals surface area contributed by atoms with Crippen LogP contribution in [-0.4, -0.2) is 38.9 Å². The van der Waals surface area contributed by atoms with Crippen molar-refractivity contribution in [1.29, 1.82) is 0 Å². The van der Waals surface area contributed by atoms with Gasteiger partial charge in [-0.3, -0.25) is 4.79 Å². The lowest BCUT2D eigenvalue weighted by atomic mass is 9.77. The molecule has 0 aromatic heterocycles. The van der Waals surface area contributed by atoms with Crippen LogP contribution in [0.3, 0.4) is 0 Å². The summed E-state index contributed by atoms with van der Waals surface area (Å²) in [5.41, 5.74) is 0. The third-order valence-corrected chi connectivity index (χ3v) is 3.09. The zero-order valence-corrected chi connectivity index (χ0v) is 7.98. The second kappa shape index (κ2) is 3.82. The number of aliphatic hydroxyl groups is 2. The number of rotatable bonds is 1. The summed E-state index contributed by atoms with van der Waals surface area (Å²) in [5.74, 6) is -2.41. The van der Waals surface area contributed by atoms with E-state index < -0.39 is 35.4 Å². The average Bonchev–Trinajstić information content (AvgIpc) is 2.07. The van der Waals surface area contributed by atoms with E-state index in [0.717, 1.165) is 0 Å². The van der Waals surface area contributed by atoms with E-state index in [2.05, 4.69) is 0 Å². The second-order valence-corrected chi connectivity index (χ2v) is 4.10. The second-order valence-electron chi connectivity index (χ2n) is 3.54. The summed E-state index contributed by atoms with van der Waals surface area (Å²) < 4.78 is 0. The molecule has 1 saturated carbocycles. The molecule has 0 bridgehead atoms. The molecule has 0 aromatic rings. The quantitative estimate of drug-likeness (QED) is 0.533. The van der Waals surface area contributed by atoms with Crippen LogP contribution in [-0.2, 0) is 4.79 Å². The predicted octanol–water partition coefficient (Wildman–Crippen LogP) is 0.0562. The fourth-order valence-electron chi connectivity index (χ4n) is 1.67. The molecule has 0 heterocycles. The van der Waals surface area contributed by atoms with Crippen molar-refractivity contribution in [2.75, 3.05) is 0 Å². The van der Waals surface area contributed by atoms with Gasteiger partial charge in [0, 0.05) is 5.92 Å². The summed E-state index contributed by atoms with van der Waals surface area (Å²) >= 11 is 5.74. The van der Waals surface area contributed by atoms with Gasteiger partial charge in [-0.15, -0.1) is 11.6 Å². The Labute approximate surface area is 81.1 Å². The molecule has 0 aliphatic heterocycles. The number of hydrogen-bond acceptors (Lipinski definition) is 3. The first kappa shape index (κ1) is 10.8. The molecule has 5 atom stereocenters. The fourth-order valence-corrected chi connectivity index (χ4v) is 2.09. The number of alkyl halides is 1. The highest BCUT2D eigenvalue weighted by molar-refractivity contribution is 6.21. The van der Waals surface area contributed by atoms with Gasteiger partial charge < -0.3 is 15.3 Å². The van der Waals surface area contributed by atoms with Gasteiger partial charge in [0.15, 0.2) is 0 Å². The predicted molar refractivity (Wildman–Crippen MR) is 46.6 cm³/mol. The van der Waals surface area contributed by atoms with Crippen LogP contribution in [0.2, 0.25) is 0 Å². The Kier molecular flexibility index (Phi) is 3.16. The van der Waals surface area contributed by atoms with Crippen molar-refractivity contribution >= 4 is 17.6 Å². The van der Waals surface area contributed by atoms with Crippen molar-refractivity contribution in [3.63, 3.8) is 0 Å². The normalized spacial score (nSPS) is 46.0. The SMILES string of the molecule is CC1C(O)C(Cl)CC(C(=O)O)C1O. The van der Waals surface area contributed by atoms with E-state index in [-0.39, 0.29) is 6.42 Å². The Balaban J connectivity index is 2.76. The summed E-state index contributed by atoms with van der Waals surface area (Å²) in [7, 11) is 0. The summed E-state index contributed by atoms with van der Waals surface area (Å²) in [5, 5.41) is 27.1. The van der Waals surface area contributed by atoms with E-state index in [4.69, 9.17) is 16.7 Å². The van der Waals surface area contributed by atoms with Crippen LogP contribution < -0.4 is 0 Å². The topological polar surface area (TPSA) is 77.8 Å². The smallest absolute Gasteiger partial charge is 0.309 e. The Morgan fingerprint density at radius 3 is 2.38 bits per heavy atom. The minimum absolute atomic E-state index is 0.115. The molecular formula is C8H13ClO4. The number of carboxylic acids is 1.